The van der Waals surface area contributed by atoms with Crippen LogP contribution in [0.3, 0.4) is 0 Å². The molecule has 42 heavy (non-hydrogen) atoms. The molecule has 1 N–H and O–H groups in total. The summed E-state index contributed by atoms with van der Waals surface area (Å²) in [6.07, 6.45) is 16.9. The molecule has 1 atom stereocenters. The molecule has 0 spiro atoms. The molecule has 1 amide bonds. The summed E-state index contributed by atoms with van der Waals surface area (Å²) in [7, 11) is 0. The van der Waals surface area contributed by atoms with E-state index in [9.17, 15) is 19.2 Å². The first-order chi connectivity index (χ1) is 19.6. The van der Waals surface area contributed by atoms with E-state index in [0.717, 1.165) is 32.1 Å². The van der Waals surface area contributed by atoms with E-state index < -0.39 is 23.6 Å². The molecule has 0 unspecified atom stereocenters. The van der Waals surface area contributed by atoms with Crippen molar-refractivity contribution in [3.05, 3.63) is 0 Å². The van der Waals surface area contributed by atoms with Crippen molar-refractivity contribution >= 4 is 23.8 Å². The fourth-order valence-corrected chi connectivity index (χ4v) is 4.54. The van der Waals surface area contributed by atoms with Gasteiger partial charge in [0.15, 0.2) is 0 Å². The second kappa shape index (κ2) is 22.4. The molecule has 0 radical (unpaired) electrons. The predicted molar refractivity (Wildman–Crippen MR) is 168 cm³/mol. The summed E-state index contributed by atoms with van der Waals surface area (Å²) >= 11 is 0. The van der Waals surface area contributed by atoms with Crippen LogP contribution in [0.5, 0.6) is 0 Å². The van der Waals surface area contributed by atoms with Gasteiger partial charge in [-0.2, -0.15) is 0 Å². The Morgan fingerprint density at radius 1 is 0.548 bits per heavy atom. The SMILES string of the molecule is CC(C)OC(=O)CC[C@H](NC(=O)CCCCCCCCCCCCCCCCC(=O)OC(C)(C)C)C(=O)OC(C)(C)C. The van der Waals surface area contributed by atoms with Crippen molar-refractivity contribution in [1.82, 2.24) is 5.32 Å². The number of ether oxygens (including phenoxy) is 3. The zero-order valence-corrected chi connectivity index (χ0v) is 28.2. The van der Waals surface area contributed by atoms with Crippen molar-refractivity contribution in [2.75, 3.05) is 0 Å². The van der Waals surface area contributed by atoms with Crippen LogP contribution in [-0.2, 0) is 33.4 Å². The summed E-state index contributed by atoms with van der Waals surface area (Å²) < 4.78 is 15.9. The van der Waals surface area contributed by atoms with Gasteiger partial charge in [0.2, 0.25) is 5.91 Å². The Morgan fingerprint density at radius 2 is 0.952 bits per heavy atom. The van der Waals surface area contributed by atoms with Crippen molar-refractivity contribution in [2.45, 2.75) is 194 Å². The predicted octanol–water partition coefficient (Wildman–Crippen LogP) is 8.13. The van der Waals surface area contributed by atoms with Gasteiger partial charge in [-0.1, -0.05) is 77.0 Å². The van der Waals surface area contributed by atoms with Crippen molar-refractivity contribution in [3.8, 4) is 0 Å². The number of unbranched alkanes of at least 4 members (excludes halogenated alkanes) is 13. The van der Waals surface area contributed by atoms with Crippen molar-refractivity contribution < 1.29 is 33.4 Å². The van der Waals surface area contributed by atoms with E-state index in [1.807, 2.05) is 20.8 Å². The van der Waals surface area contributed by atoms with Gasteiger partial charge in [-0.15, -0.1) is 0 Å². The number of rotatable bonds is 23. The average Bonchev–Trinajstić information content (AvgIpc) is 2.83. The quantitative estimate of drug-likeness (QED) is 0.0719. The van der Waals surface area contributed by atoms with E-state index in [1.165, 1.54) is 57.8 Å². The lowest BCUT2D eigenvalue weighted by Gasteiger charge is -2.24. The normalized spacial score (nSPS) is 12.6. The molecule has 8 heteroatoms. The Kier molecular flexibility index (Phi) is 21.3. The Morgan fingerprint density at radius 3 is 1.36 bits per heavy atom. The molecule has 0 rings (SSSR count). The molecule has 0 fully saturated rings. The van der Waals surface area contributed by atoms with E-state index in [1.54, 1.807) is 34.6 Å². The Balaban J connectivity index is 3.87. The van der Waals surface area contributed by atoms with Gasteiger partial charge in [-0.25, -0.2) is 4.79 Å². The number of carbonyl (C=O) groups is 4. The third kappa shape index (κ3) is 26.8. The molecule has 246 valence electrons. The van der Waals surface area contributed by atoms with Crippen LogP contribution in [0, 0.1) is 0 Å². The number of carbonyl (C=O) groups excluding carboxylic acids is 4. The first kappa shape index (κ1) is 39.9. The van der Waals surface area contributed by atoms with E-state index in [0.29, 0.717) is 12.8 Å². The first-order valence-corrected chi connectivity index (χ1v) is 16.5. The Labute approximate surface area is 256 Å². The fraction of sp³-hybridized carbons (Fsp3) is 0.882. The van der Waals surface area contributed by atoms with Crippen molar-refractivity contribution in [3.63, 3.8) is 0 Å². The lowest BCUT2D eigenvalue weighted by atomic mass is 10.0. The minimum atomic E-state index is -0.861. The molecule has 0 aromatic heterocycles. The molecule has 0 bridgehead atoms. The largest absolute Gasteiger partial charge is 0.463 e. The van der Waals surface area contributed by atoms with Gasteiger partial charge in [0.1, 0.15) is 17.2 Å². The zero-order valence-electron chi connectivity index (χ0n) is 28.2. The Bertz CT molecular complexity index is 765. The fourth-order valence-electron chi connectivity index (χ4n) is 4.54. The number of hydrogen-bond acceptors (Lipinski definition) is 7. The summed E-state index contributed by atoms with van der Waals surface area (Å²) in [5.74, 6) is -1.19. The number of hydrogen-bond donors (Lipinski definition) is 1. The number of nitrogens with one attached hydrogen (secondary N) is 1. The van der Waals surface area contributed by atoms with E-state index in [2.05, 4.69) is 5.32 Å². The maximum Gasteiger partial charge on any atom is 0.329 e. The first-order valence-electron chi connectivity index (χ1n) is 16.5. The van der Waals surface area contributed by atoms with E-state index in [-0.39, 0.29) is 36.4 Å². The molecule has 0 heterocycles. The molecule has 0 saturated heterocycles. The molecular weight excluding hydrogens is 534 g/mol. The van der Waals surface area contributed by atoms with Gasteiger partial charge in [0.25, 0.3) is 0 Å². The van der Waals surface area contributed by atoms with E-state index in [4.69, 9.17) is 14.2 Å². The second-order valence-electron chi connectivity index (χ2n) is 13.8. The van der Waals surface area contributed by atoms with Gasteiger partial charge in [-0.05, 0) is 74.7 Å². The lowest BCUT2D eigenvalue weighted by Crippen LogP contribution is -2.44. The minimum absolute atomic E-state index is 0.0414. The highest BCUT2D eigenvalue weighted by molar-refractivity contribution is 5.85. The van der Waals surface area contributed by atoms with Crippen LogP contribution in [-0.4, -0.2) is 47.2 Å². The van der Waals surface area contributed by atoms with Crippen LogP contribution in [0.15, 0.2) is 0 Å². The maximum absolute atomic E-state index is 12.6. The van der Waals surface area contributed by atoms with Crippen LogP contribution >= 0.6 is 0 Å². The smallest absolute Gasteiger partial charge is 0.329 e. The van der Waals surface area contributed by atoms with Crippen LogP contribution in [0.25, 0.3) is 0 Å². The van der Waals surface area contributed by atoms with Crippen LogP contribution < -0.4 is 5.32 Å². The maximum atomic E-state index is 12.6. The summed E-state index contributed by atoms with van der Waals surface area (Å²) in [6.45, 7) is 14.6. The van der Waals surface area contributed by atoms with Gasteiger partial charge < -0.3 is 19.5 Å². The average molecular weight is 598 g/mol. The summed E-state index contributed by atoms with van der Waals surface area (Å²) in [5.41, 5.74) is -1.07. The number of esters is 3. The molecule has 0 aromatic rings. The summed E-state index contributed by atoms with van der Waals surface area (Å²) in [4.78, 5) is 48.7. The van der Waals surface area contributed by atoms with Crippen LogP contribution in [0.2, 0.25) is 0 Å². The molecule has 0 saturated carbocycles. The van der Waals surface area contributed by atoms with Gasteiger partial charge in [0.05, 0.1) is 6.10 Å². The van der Waals surface area contributed by atoms with Gasteiger partial charge >= 0.3 is 17.9 Å². The van der Waals surface area contributed by atoms with Crippen LogP contribution in [0.1, 0.15) is 171 Å². The monoisotopic (exact) mass is 597 g/mol. The van der Waals surface area contributed by atoms with Crippen molar-refractivity contribution in [1.29, 1.82) is 0 Å². The Hall–Kier alpha value is -2.12. The van der Waals surface area contributed by atoms with Gasteiger partial charge in [0, 0.05) is 19.3 Å². The topological polar surface area (TPSA) is 108 Å². The third-order valence-electron chi connectivity index (χ3n) is 6.49. The van der Waals surface area contributed by atoms with Crippen molar-refractivity contribution in [2.24, 2.45) is 0 Å². The molecule has 8 nitrogen and oxygen atoms in total. The highest BCUT2D eigenvalue weighted by atomic mass is 16.6. The lowest BCUT2D eigenvalue weighted by molar-refractivity contribution is -0.159. The highest BCUT2D eigenvalue weighted by Crippen LogP contribution is 2.16. The molecule has 0 aliphatic heterocycles. The summed E-state index contributed by atoms with van der Waals surface area (Å²) in [5, 5.41) is 2.77. The van der Waals surface area contributed by atoms with E-state index >= 15 is 0 Å². The minimum Gasteiger partial charge on any atom is -0.463 e. The molecule has 0 aliphatic rings. The highest BCUT2D eigenvalue weighted by Gasteiger charge is 2.27. The van der Waals surface area contributed by atoms with Gasteiger partial charge in [-0.3, -0.25) is 14.4 Å². The second-order valence-corrected chi connectivity index (χ2v) is 13.8. The molecular formula is C34H63NO7. The zero-order chi connectivity index (χ0) is 32.0. The van der Waals surface area contributed by atoms with Crippen LogP contribution in [0.4, 0.5) is 0 Å². The summed E-state index contributed by atoms with van der Waals surface area (Å²) in [6, 6.07) is -0.861. The third-order valence-corrected chi connectivity index (χ3v) is 6.49. The standard InChI is InChI=1S/C34H63NO7/c1-27(2)40-30(37)26-25-28(32(39)42-34(6,7)8)35-29(36)23-21-19-17-15-13-11-9-10-12-14-16-18-20-22-24-31(38)41-33(3,4)5/h27-28H,9-26H2,1-8H3,(H,35,36)/t28-/m0/s1. The molecule has 0 aliphatic carbocycles. The number of amides is 1. The molecule has 0 aromatic carbocycles.